The summed E-state index contributed by atoms with van der Waals surface area (Å²) >= 11 is 0. The summed E-state index contributed by atoms with van der Waals surface area (Å²) in [4.78, 5) is 12.4. The van der Waals surface area contributed by atoms with E-state index in [0.29, 0.717) is 57.4 Å². The van der Waals surface area contributed by atoms with Gasteiger partial charge in [0.05, 0.1) is 5.56 Å². The van der Waals surface area contributed by atoms with Crippen LogP contribution in [0.2, 0.25) is 0 Å². The van der Waals surface area contributed by atoms with Gasteiger partial charge in [0.1, 0.15) is 11.4 Å². The summed E-state index contributed by atoms with van der Waals surface area (Å²) in [6.07, 6.45) is 0.572. The summed E-state index contributed by atoms with van der Waals surface area (Å²) in [6, 6.07) is 3.02. The van der Waals surface area contributed by atoms with Gasteiger partial charge in [0.25, 0.3) is 0 Å². The molecule has 1 saturated heterocycles. The lowest BCUT2D eigenvalue weighted by Gasteiger charge is -2.37. The molecule has 1 aliphatic heterocycles. The van der Waals surface area contributed by atoms with Gasteiger partial charge in [-0.1, -0.05) is 6.07 Å². The minimum Gasteiger partial charge on any atom is -0.381 e. The fourth-order valence-electron chi connectivity index (χ4n) is 4.85. The molecule has 0 aromatic heterocycles. The van der Waals surface area contributed by atoms with Crippen LogP contribution < -0.4 is 10.6 Å². The van der Waals surface area contributed by atoms with E-state index in [0.717, 1.165) is 25.3 Å². The van der Waals surface area contributed by atoms with Crippen LogP contribution in [0.4, 0.5) is 17.6 Å². The van der Waals surface area contributed by atoms with Gasteiger partial charge >= 0.3 is 6.18 Å². The minimum absolute atomic E-state index is 0.0227. The number of halogens is 4. The number of hydrogen-bond acceptors (Lipinski definition) is 3. The summed E-state index contributed by atoms with van der Waals surface area (Å²) in [6.45, 7) is 1.78. The molecule has 0 atom stereocenters. The molecule has 168 valence electrons. The van der Waals surface area contributed by atoms with E-state index in [-0.39, 0.29) is 17.4 Å². The second kappa shape index (κ2) is 9.64. The first kappa shape index (κ1) is 23.0. The normalized spacial score (nSPS) is 24.4. The molecule has 2 fully saturated rings. The number of rotatable bonds is 6. The molecule has 0 bridgehead atoms. The van der Waals surface area contributed by atoms with E-state index < -0.39 is 23.1 Å². The molecule has 3 rings (SSSR count). The molecule has 8 heteroatoms. The summed E-state index contributed by atoms with van der Waals surface area (Å²) in [7, 11) is 1.63. The van der Waals surface area contributed by atoms with Gasteiger partial charge < -0.3 is 15.4 Å². The molecule has 4 nitrogen and oxygen atoms in total. The number of carbonyl (C=O) groups excluding carboxylic acids is 1. The second-order valence-electron chi connectivity index (χ2n) is 8.44. The molecular formula is C22H30F4N2O2. The van der Waals surface area contributed by atoms with Crippen LogP contribution in [-0.2, 0) is 15.7 Å². The van der Waals surface area contributed by atoms with Crippen molar-refractivity contribution in [1.29, 1.82) is 0 Å². The Bertz CT molecular complexity index is 724. The highest BCUT2D eigenvalue weighted by Gasteiger charge is 2.39. The summed E-state index contributed by atoms with van der Waals surface area (Å²) < 4.78 is 58.7. The standard InChI is InChI=1S/C22H30F4N2O2/c1-27-20(29)21(9-12-30-13-10-21)28-11-8-15-2-4-16(5-3-15)18-7-6-17(23)14-19(18)22(24,25)26/h6-7,14-16,28H,2-5,8-13H2,1H3,(H,27,29). The predicted octanol–water partition coefficient (Wildman–Crippen LogP) is 4.39. The van der Waals surface area contributed by atoms with E-state index in [4.69, 9.17) is 4.74 Å². The molecule has 1 amide bonds. The van der Waals surface area contributed by atoms with Crippen LogP contribution in [0.5, 0.6) is 0 Å². The van der Waals surface area contributed by atoms with Gasteiger partial charge in [0.15, 0.2) is 0 Å². The SMILES string of the molecule is CNC(=O)C1(NCCC2CCC(c3ccc(F)cc3C(F)(F)F)CC2)CCOCC1. The highest BCUT2D eigenvalue weighted by atomic mass is 19.4. The molecule has 1 heterocycles. The lowest BCUT2D eigenvalue weighted by atomic mass is 9.76. The van der Waals surface area contributed by atoms with Crippen LogP contribution in [0.3, 0.4) is 0 Å². The summed E-state index contributed by atoms with van der Waals surface area (Å²) in [5, 5.41) is 6.16. The van der Waals surface area contributed by atoms with Gasteiger partial charge in [-0.25, -0.2) is 4.39 Å². The molecule has 2 aliphatic rings. The van der Waals surface area contributed by atoms with Crippen LogP contribution in [0.1, 0.15) is 62.0 Å². The Labute approximate surface area is 174 Å². The topological polar surface area (TPSA) is 50.4 Å². The second-order valence-corrected chi connectivity index (χ2v) is 8.44. The average molecular weight is 430 g/mol. The zero-order chi connectivity index (χ0) is 21.8. The summed E-state index contributed by atoms with van der Waals surface area (Å²) in [5.74, 6) is -0.668. The van der Waals surface area contributed by atoms with Crippen molar-refractivity contribution in [2.45, 2.75) is 62.6 Å². The molecule has 30 heavy (non-hydrogen) atoms. The first-order chi connectivity index (χ1) is 14.2. The van der Waals surface area contributed by atoms with Crippen molar-refractivity contribution >= 4 is 5.91 Å². The van der Waals surface area contributed by atoms with Crippen molar-refractivity contribution in [2.75, 3.05) is 26.8 Å². The Morgan fingerprint density at radius 3 is 2.43 bits per heavy atom. The van der Waals surface area contributed by atoms with Gasteiger partial charge in [-0.15, -0.1) is 0 Å². The first-order valence-electron chi connectivity index (χ1n) is 10.7. The number of likely N-dealkylation sites (N-methyl/N-ethyl adjacent to an activating group) is 1. The number of nitrogens with one attached hydrogen (secondary N) is 2. The molecule has 0 spiro atoms. The number of hydrogen-bond donors (Lipinski definition) is 2. The largest absolute Gasteiger partial charge is 0.416 e. The van der Waals surface area contributed by atoms with Gasteiger partial charge in [-0.2, -0.15) is 13.2 Å². The monoisotopic (exact) mass is 430 g/mol. The molecular weight excluding hydrogens is 400 g/mol. The van der Waals surface area contributed by atoms with Crippen molar-refractivity contribution in [2.24, 2.45) is 5.92 Å². The third kappa shape index (κ3) is 5.32. The molecule has 0 unspecified atom stereocenters. The van der Waals surface area contributed by atoms with Crippen molar-refractivity contribution in [3.8, 4) is 0 Å². The lowest BCUT2D eigenvalue weighted by Crippen LogP contribution is -2.59. The Morgan fingerprint density at radius 2 is 1.83 bits per heavy atom. The van der Waals surface area contributed by atoms with Crippen LogP contribution in [0, 0.1) is 11.7 Å². The number of benzene rings is 1. The van der Waals surface area contributed by atoms with Gasteiger partial charge in [0.2, 0.25) is 5.91 Å². The van der Waals surface area contributed by atoms with E-state index in [1.54, 1.807) is 7.05 Å². The number of ether oxygens (including phenoxy) is 1. The van der Waals surface area contributed by atoms with E-state index in [2.05, 4.69) is 10.6 Å². The predicted molar refractivity (Wildman–Crippen MR) is 106 cm³/mol. The van der Waals surface area contributed by atoms with Crippen LogP contribution in [-0.4, -0.2) is 38.3 Å². The third-order valence-corrected chi connectivity index (χ3v) is 6.63. The highest BCUT2D eigenvalue weighted by molar-refractivity contribution is 5.86. The van der Waals surface area contributed by atoms with Crippen LogP contribution in [0.15, 0.2) is 18.2 Å². The fraction of sp³-hybridized carbons (Fsp3) is 0.682. The van der Waals surface area contributed by atoms with E-state index >= 15 is 0 Å². The first-order valence-corrected chi connectivity index (χ1v) is 10.7. The maximum atomic E-state index is 13.4. The maximum absolute atomic E-state index is 13.4. The molecule has 1 aromatic rings. The summed E-state index contributed by atoms with van der Waals surface area (Å²) in [5.41, 5.74) is -1.24. The van der Waals surface area contributed by atoms with Gasteiger partial charge in [-0.05, 0) is 81.0 Å². The van der Waals surface area contributed by atoms with Gasteiger partial charge in [-0.3, -0.25) is 4.79 Å². The Hall–Kier alpha value is -1.67. The molecule has 0 radical (unpaired) electrons. The minimum atomic E-state index is -4.55. The Kier molecular flexibility index (Phi) is 7.39. The molecule has 1 aromatic carbocycles. The average Bonchev–Trinajstić information content (AvgIpc) is 2.74. The molecule has 1 saturated carbocycles. The third-order valence-electron chi connectivity index (χ3n) is 6.63. The molecule has 2 N–H and O–H groups in total. The Balaban J connectivity index is 1.54. The van der Waals surface area contributed by atoms with Crippen molar-refractivity contribution in [3.05, 3.63) is 35.1 Å². The Morgan fingerprint density at radius 1 is 1.17 bits per heavy atom. The van der Waals surface area contributed by atoms with Crippen LogP contribution in [0.25, 0.3) is 0 Å². The zero-order valence-corrected chi connectivity index (χ0v) is 17.3. The smallest absolute Gasteiger partial charge is 0.381 e. The lowest BCUT2D eigenvalue weighted by molar-refractivity contribution is -0.138. The quantitative estimate of drug-likeness (QED) is 0.658. The number of carbonyl (C=O) groups is 1. The number of amides is 1. The van der Waals surface area contributed by atoms with Crippen molar-refractivity contribution in [1.82, 2.24) is 10.6 Å². The zero-order valence-electron chi connectivity index (χ0n) is 17.3. The fourth-order valence-corrected chi connectivity index (χ4v) is 4.85. The van der Waals surface area contributed by atoms with E-state index in [9.17, 15) is 22.4 Å². The van der Waals surface area contributed by atoms with Crippen molar-refractivity contribution in [3.63, 3.8) is 0 Å². The van der Waals surface area contributed by atoms with E-state index in [1.165, 1.54) is 6.07 Å². The van der Waals surface area contributed by atoms with Crippen LogP contribution >= 0.6 is 0 Å². The van der Waals surface area contributed by atoms with E-state index in [1.807, 2.05) is 0 Å². The number of alkyl halides is 3. The maximum Gasteiger partial charge on any atom is 0.416 e. The highest BCUT2D eigenvalue weighted by Crippen LogP contribution is 2.42. The van der Waals surface area contributed by atoms with Gasteiger partial charge in [0, 0.05) is 20.3 Å². The molecule has 1 aliphatic carbocycles. The van der Waals surface area contributed by atoms with Crippen molar-refractivity contribution < 1.29 is 27.1 Å².